The highest BCUT2D eigenvalue weighted by atomic mass is 19.3. The van der Waals surface area contributed by atoms with Crippen molar-refractivity contribution >= 4 is 0 Å². The summed E-state index contributed by atoms with van der Waals surface area (Å²) in [5.74, 6) is -2.89. The van der Waals surface area contributed by atoms with E-state index in [1.54, 1.807) is 7.11 Å². The van der Waals surface area contributed by atoms with Crippen molar-refractivity contribution in [3.8, 4) is 0 Å². The third kappa shape index (κ3) is 6.14. The molecule has 0 aliphatic heterocycles. The lowest BCUT2D eigenvalue weighted by atomic mass is 9.92. The number of halogens is 2. The maximum absolute atomic E-state index is 13.4. The van der Waals surface area contributed by atoms with Crippen molar-refractivity contribution in [1.82, 2.24) is 0 Å². The zero-order chi connectivity index (χ0) is 15.1. The van der Waals surface area contributed by atoms with Crippen molar-refractivity contribution < 1.29 is 27.7 Å². The predicted molar refractivity (Wildman–Crippen MR) is 73.7 cm³/mol. The third-order valence-corrected chi connectivity index (χ3v) is 4.07. The van der Waals surface area contributed by atoms with E-state index in [1.807, 2.05) is 0 Å². The van der Waals surface area contributed by atoms with Gasteiger partial charge in [-0.1, -0.05) is 0 Å². The monoisotopic (exact) mass is 308 g/mol. The molecule has 6 heteroatoms. The summed E-state index contributed by atoms with van der Waals surface area (Å²) in [6.07, 6.45) is 5.98. The molecule has 4 nitrogen and oxygen atoms in total. The van der Waals surface area contributed by atoms with Crippen molar-refractivity contribution in [3.63, 3.8) is 0 Å². The van der Waals surface area contributed by atoms with Gasteiger partial charge in [-0.3, -0.25) is 0 Å². The molecule has 0 bridgehead atoms. The zero-order valence-corrected chi connectivity index (χ0v) is 12.7. The fourth-order valence-electron chi connectivity index (χ4n) is 2.30. The molecule has 0 unspecified atom stereocenters. The van der Waals surface area contributed by atoms with Gasteiger partial charge in [-0.05, 0) is 38.5 Å². The van der Waals surface area contributed by atoms with Gasteiger partial charge in [-0.2, -0.15) is 0 Å². The first-order chi connectivity index (χ1) is 10.1. The van der Waals surface area contributed by atoms with Crippen LogP contribution >= 0.6 is 0 Å². The van der Waals surface area contributed by atoms with Crippen molar-refractivity contribution in [2.24, 2.45) is 0 Å². The molecule has 0 aromatic rings. The minimum absolute atomic E-state index is 0.0303. The van der Waals surface area contributed by atoms with Crippen LogP contribution in [0.3, 0.4) is 0 Å². The first-order valence-electron chi connectivity index (χ1n) is 7.80. The summed E-state index contributed by atoms with van der Waals surface area (Å²) in [5, 5.41) is 0. The van der Waals surface area contributed by atoms with Crippen LogP contribution < -0.4 is 0 Å². The van der Waals surface area contributed by atoms with Gasteiger partial charge in [0.2, 0.25) is 0 Å². The van der Waals surface area contributed by atoms with E-state index in [4.69, 9.17) is 18.9 Å². The Morgan fingerprint density at radius 2 is 1.71 bits per heavy atom. The summed E-state index contributed by atoms with van der Waals surface area (Å²) >= 11 is 0. The molecule has 0 aromatic heterocycles. The molecule has 0 radical (unpaired) electrons. The first kappa shape index (κ1) is 17.1. The van der Waals surface area contributed by atoms with Crippen molar-refractivity contribution in [3.05, 3.63) is 0 Å². The molecule has 0 heterocycles. The molecule has 124 valence electrons. The van der Waals surface area contributed by atoms with Gasteiger partial charge in [0, 0.05) is 20.3 Å². The molecule has 2 rings (SSSR count). The van der Waals surface area contributed by atoms with Gasteiger partial charge < -0.3 is 18.9 Å². The highest BCUT2D eigenvalue weighted by Crippen LogP contribution is 2.26. The quantitative estimate of drug-likeness (QED) is 0.550. The van der Waals surface area contributed by atoms with Gasteiger partial charge in [0.15, 0.2) is 0 Å². The molecule has 2 aliphatic carbocycles. The van der Waals surface area contributed by atoms with Gasteiger partial charge in [-0.15, -0.1) is 0 Å². The standard InChI is InChI=1S/C15H26F2O4/c1-18-13-8-14(9-13)20-7-3-6-19-10-15(16,17)11-21-12-4-2-5-12/h12-14H,2-11H2,1H3. The number of ether oxygens (including phenoxy) is 4. The molecular formula is C15H26F2O4. The fourth-order valence-corrected chi connectivity index (χ4v) is 2.30. The van der Waals surface area contributed by atoms with Crippen LogP contribution in [0.15, 0.2) is 0 Å². The van der Waals surface area contributed by atoms with E-state index in [0.717, 1.165) is 32.1 Å². The lowest BCUT2D eigenvalue weighted by Gasteiger charge is -2.33. The van der Waals surface area contributed by atoms with E-state index in [2.05, 4.69) is 0 Å². The second-order valence-corrected chi connectivity index (χ2v) is 5.95. The van der Waals surface area contributed by atoms with Crippen LogP contribution in [-0.4, -0.2) is 57.8 Å². The maximum Gasteiger partial charge on any atom is 0.293 e. The van der Waals surface area contributed by atoms with E-state index in [0.29, 0.717) is 25.7 Å². The molecule has 0 atom stereocenters. The second-order valence-electron chi connectivity index (χ2n) is 5.95. The van der Waals surface area contributed by atoms with Crippen LogP contribution in [0.1, 0.15) is 38.5 Å². The Morgan fingerprint density at radius 3 is 2.33 bits per heavy atom. The maximum atomic E-state index is 13.4. The number of rotatable bonds is 11. The molecule has 2 fully saturated rings. The summed E-state index contributed by atoms with van der Waals surface area (Å²) in [7, 11) is 1.70. The Bertz CT molecular complexity index is 291. The SMILES string of the molecule is COC1CC(OCCCOCC(F)(F)COC2CCC2)C1. The van der Waals surface area contributed by atoms with E-state index in [9.17, 15) is 8.78 Å². The van der Waals surface area contributed by atoms with Crippen LogP contribution in [0.25, 0.3) is 0 Å². The second kappa shape index (κ2) is 8.36. The lowest BCUT2D eigenvalue weighted by Crippen LogP contribution is -2.37. The van der Waals surface area contributed by atoms with E-state index in [-0.39, 0.29) is 12.2 Å². The Hall–Kier alpha value is -0.300. The van der Waals surface area contributed by atoms with Crippen LogP contribution in [0.5, 0.6) is 0 Å². The predicted octanol–water partition coefficient (Wildman–Crippen LogP) is 2.79. The smallest absolute Gasteiger partial charge is 0.293 e. The normalized spacial score (nSPS) is 26.4. The molecule has 0 amide bonds. The van der Waals surface area contributed by atoms with Crippen LogP contribution in [0, 0.1) is 0 Å². The molecule has 0 saturated heterocycles. The summed E-state index contributed by atoms with van der Waals surface area (Å²) in [6.45, 7) is -0.270. The summed E-state index contributed by atoms with van der Waals surface area (Å²) in [6, 6.07) is 0. The van der Waals surface area contributed by atoms with Crippen molar-refractivity contribution in [1.29, 1.82) is 0 Å². The van der Waals surface area contributed by atoms with E-state index in [1.165, 1.54) is 0 Å². The number of alkyl halides is 2. The Labute approximate surface area is 125 Å². The Kier molecular flexibility index (Phi) is 6.79. The van der Waals surface area contributed by atoms with Crippen LogP contribution in [0.2, 0.25) is 0 Å². The molecule has 2 saturated carbocycles. The van der Waals surface area contributed by atoms with Crippen molar-refractivity contribution in [2.45, 2.75) is 62.8 Å². The van der Waals surface area contributed by atoms with Crippen LogP contribution in [-0.2, 0) is 18.9 Å². The average molecular weight is 308 g/mol. The van der Waals surface area contributed by atoms with Crippen molar-refractivity contribution in [2.75, 3.05) is 33.5 Å². The number of hydrogen-bond donors (Lipinski definition) is 0. The van der Waals surface area contributed by atoms with E-state index < -0.39 is 19.1 Å². The highest BCUT2D eigenvalue weighted by Gasteiger charge is 2.32. The number of methoxy groups -OCH3 is 1. The molecule has 0 spiro atoms. The minimum atomic E-state index is -2.89. The summed E-state index contributed by atoms with van der Waals surface area (Å²) in [5.41, 5.74) is 0. The highest BCUT2D eigenvalue weighted by molar-refractivity contribution is 4.80. The lowest BCUT2D eigenvalue weighted by molar-refractivity contribution is -0.149. The van der Waals surface area contributed by atoms with Gasteiger partial charge in [0.1, 0.15) is 13.2 Å². The van der Waals surface area contributed by atoms with Gasteiger partial charge in [0.25, 0.3) is 5.92 Å². The largest absolute Gasteiger partial charge is 0.381 e. The summed E-state index contributed by atoms with van der Waals surface area (Å²) in [4.78, 5) is 0. The van der Waals surface area contributed by atoms with Gasteiger partial charge in [0.05, 0.1) is 18.3 Å². The van der Waals surface area contributed by atoms with Crippen LogP contribution in [0.4, 0.5) is 8.78 Å². The first-order valence-corrected chi connectivity index (χ1v) is 7.80. The van der Waals surface area contributed by atoms with Gasteiger partial charge in [-0.25, -0.2) is 8.78 Å². The fraction of sp³-hybridized carbons (Fsp3) is 1.00. The minimum Gasteiger partial charge on any atom is -0.381 e. The number of hydrogen-bond acceptors (Lipinski definition) is 4. The van der Waals surface area contributed by atoms with Gasteiger partial charge >= 0.3 is 0 Å². The molecule has 21 heavy (non-hydrogen) atoms. The molecule has 0 aromatic carbocycles. The average Bonchev–Trinajstić information content (AvgIpc) is 2.33. The Balaban J connectivity index is 1.40. The third-order valence-electron chi connectivity index (χ3n) is 4.07. The Morgan fingerprint density at radius 1 is 0.952 bits per heavy atom. The van der Waals surface area contributed by atoms with E-state index >= 15 is 0 Å². The zero-order valence-electron chi connectivity index (χ0n) is 12.7. The molecule has 0 N–H and O–H groups in total. The molecular weight excluding hydrogens is 282 g/mol. The molecule has 2 aliphatic rings. The topological polar surface area (TPSA) is 36.9 Å². The summed E-state index contributed by atoms with van der Waals surface area (Å²) < 4.78 is 47.7.